The zero-order chi connectivity index (χ0) is 16.7. The lowest BCUT2D eigenvalue weighted by Crippen LogP contribution is -2.17. The van der Waals surface area contributed by atoms with Crippen LogP contribution < -0.4 is 18.5 Å². The van der Waals surface area contributed by atoms with Crippen LogP contribution >= 0.6 is 11.9 Å². The van der Waals surface area contributed by atoms with Gasteiger partial charge in [-0.1, -0.05) is 6.07 Å². The summed E-state index contributed by atoms with van der Waals surface area (Å²) in [6, 6.07) is 13.1. The zero-order valence-electron chi connectivity index (χ0n) is 13.3. The van der Waals surface area contributed by atoms with Crippen molar-refractivity contribution in [3.63, 3.8) is 0 Å². The Kier molecular flexibility index (Phi) is 6.17. The van der Waals surface area contributed by atoms with Gasteiger partial charge >= 0.3 is 0 Å². The highest BCUT2D eigenvalue weighted by Crippen LogP contribution is 2.38. The molecule has 2 aromatic carbocycles. The summed E-state index contributed by atoms with van der Waals surface area (Å²) in [5.74, 6) is 2.13. The average molecular weight is 333 g/mol. The average Bonchev–Trinajstić information content (AvgIpc) is 2.61. The molecule has 23 heavy (non-hydrogen) atoms. The molecule has 0 aromatic heterocycles. The fourth-order valence-electron chi connectivity index (χ4n) is 2.03. The molecule has 0 unspecified atom stereocenters. The van der Waals surface area contributed by atoms with Gasteiger partial charge in [0.1, 0.15) is 23.5 Å². The number of benzene rings is 2. The van der Waals surface area contributed by atoms with E-state index in [9.17, 15) is 4.79 Å². The van der Waals surface area contributed by atoms with Crippen molar-refractivity contribution in [1.29, 1.82) is 0 Å². The van der Waals surface area contributed by atoms with Gasteiger partial charge in [0.05, 0.1) is 33.6 Å². The van der Waals surface area contributed by atoms with Crippen LogP contribution in [0.2, 0.25) is 0 Å². The highest BCUT2D eigenvalue weighted by atomic mass is 32.2. The maximum atomic E-state index is 11.1. The van der Waals surface area contributed by atoms with Gasteiger partial charge in [-0.3, -0.25) is 0 Å². The lowest BCUT2D eigenvalue weighted by atomic mass is 10.2. The topological polar surface area (TPSA) is 48.0 Å². The van der Waals surface area contributed by atoms with E-state index in [1.807, 2.05) is 46.8 Å². The first-order valence-corrected chi connectivity index (χ1v) is 7.74. The number of rotatable bonds is 8. The first-order chi connectivity index (χ1) is 11.2. The molecule has 2 aromatic rings. The molecule has 0 aliphatic carbocycles. The molecule has 0 bridgehead atoms. The Labute approximate surface area is 140 Å². The van der Waals surface area contributed by atoms with Gasteiger partial charge in [0.2, 0.25) is 0 Å². The Morgan fingerprint density at radius 3 is 2.39 bits per heavy atom. The SMILES string of the molecule is COc1cccc(SN(CC=O)c2cc(OC)ccc2OC)c1. The number of methoxy groups -OCH3 is 3. The Bertz CT molecular complexity index is 663. The summed E-state index contributed by atoms with van der Waals surface area (Å²) in [5.41, 5.74) is 0.770. The molecule has 0 amide bonds. The molecule has 2 rings (SSSR count). The van der Waals surface area contributed by atoms with Gasteiger partial charge in [-0.15, -0.1) is 0 Å². The summed E-state index contributed by atoms with van der Waals surface area (Å²) in [4.78, 5) is 12.1. The van der Waals surface area contributed by atoms with E-state index in [2.05, 4.69) is 0 Å². The van der Waals surface area contributed by atoms with E-state index in [4.69, 9.17) is 14.2 Å². The molecule has 0 saturated carbocycles. The van der Waals surface area contributed by atoms with Crippen LogP contribution in [0.1, 0.15) is 0 Å². The van der Waals surface area contributed by atoms with E-state index in [1.165, 1.54) is 11.9 Å². The highest BCUT2D eigenvalue weighted by molar-refractivity contribution is 8.00. The van der Waals surface area contributed by atoms with Crippen LogP contribution in [0.5, 0.6) is 17.2 Å². The van der Waals surface area contributed by atoms with Gasteiger partial charge < -0.3 is 23.3 Å². The number of hydrogen-bond acceptors (Lipinski definition) is 6. The van der Waals surface area contributed by atoms with Crippen molar-refractivity contribution in [2.45, 2.75) is 4.90 Å². The Hall–Kier alpha value is -2.34. The summed E-state index contributed by atoms with van der Waals surface area (Å²) in [5, 5.41) is 0. The first-order valence-electron chi connectivity index (χ1n) is 6.97. The van der Waals surface area contributed by atoms with Crippen molar-refractivity contribution >= 4 is 23.9 Å². The second kappa shape index (κ2) is 8.33. The lowest BCUT2D eigenvalue weighted by molar-refractivity contribution is -0.106. The lowest BCUT2D eigenvalue weighted by Gasteiger charge is -2.23. The maximum absolute atomic E-state index is 11.1. The summed E-state index contributed by atoms with van der Waals surface area (Å²) >= 11 is 1.43. The molecule has 122 valence electrons. The van der Waals surface area contributed by atoms with Gasteiger partial charge in [-0.2, -0.15) is 0 Å². The van der Waals surface area contributed by atoms with Crippen LogP contribution in [0.4, 0.5) is 5.69 Å². The van der Waals surface area contributed by atoms with Crippen molar-refractivity contribution in [2.24, 2.45) is 0 Å². The number of aldehydes is 1. The van der Waals surface area contributed by atoms with Crippen molar-refractivity contribution in [1.82, 2.24) is 0 Å². The number of anilines is 1. The minimum absolute atomic E-state index is 0.214. The maximum Gasteiger partial charge on any atom is 0.143 e. The normalized spacial score (nSPS) is 10.0. The molecular weight excluding hydrogens is 314 g/mol. The largest absolute Gasteiger partial charge is 0.497 e. The van der Waals surface area contributed by atoms with E-state index in [1.54, 1.807) is 21.3 Å². The zero-order valence-corrected chi connectivity index (χ0v) is 14.1. The van der Waals surface area contributed by atoms with Crippen molar-refractivity contribution < 1.29 is 19.0 Å². The molecule has 0 spiro atoms. The van der Waals surface area contributed by atoms with Crippen molar-refractivity contribution in [3.8, 4) is 17.2 Å². The van der Waals surface area contributed by atoms with Crippen LogP contribution in [0.15, 0.2) is 47.4 Å². The number of hydrogen-bond donors (Lipinski definition) is 0. The molecule has 0 aliphatic heterocycles. The van der Waals surface area contributed by atoms with Gasteiger partial charge in [-0.05, 0) is 42.3 Å². The van der Waals surface area contributed by atoms with E-state index >= 15 is 0 Å². The number of carbonyl (C=O) groups excluding carboxylic acids is 1. The first kappa shape index (κ1) is 17.0. The molecule has 6 heteroatoms. The predicted molar refractivity (Wildman–Crippen MR) is 91.8 cm³/mol. The molecule has 0 N–H and O–H groups in total. The Morgan fingerprint density at radius 2 is 1.74 bits per heavy atom. The fraction of sp³-hybridized carbons (Fsp3) is 0.235. The second-order valence-electron chi connectivity index (χ2n) is 4.54. The summed E-state index contributed by atoms with van der Waals surface area (Å²) in [6.07, 6.45) is 0.853. The number of ether oxygens (including phenoxy) is 3. The predicted octanol–water partition coefficient (Wildman–Crippen LogP) is 3.43. The Balaban J connectivity index is 2.35. The van der Waals surface area contributed by atoms with Gasteiger partial charge in [-0.25, -0.2) is 0 Å². The molecule has 0 saturated heterocycles. The van der Waals surface area contributed by atoms with Crippen LogP contribution in [0.25, 0.3) is 0 Å². The molecule has 0 fully saturated rings. The number of carbonyl (C=O) groups is 1. The van der Waals surface area contributed by atoms with E-state index in [0.29, 0.717) is 11.5 Å². The molecule has 5 nitrogen and oxygen atoms in total. The number of nitrogens with zero attached hydrogens (tertiary/aromatic N) is 1. The van der Waals surface area contributed by atoms with Gasteiger partial charge in [0, 0.05) is 11.0 Å². The van der Waals surface area contributed by atoms with E-state index in [-0.39, 0.29) is 6.54 Å². The summed E-state index contributed by atoms with van der Waals surface area (Å²) in [7, 11) is 4.82. The van der Waals surface area contributed by atoms with Crippen LogP contribution in [-0.4, -0.2) is 34.2 Å². The Morgan fingerprint density at radius 1 is 1.00 bits per heavy atom. The van der Waals surface area contributed by atoms with Crippen molar-refractivity contribution in [3.05, 3.63) is 42.5 Å². The smallest absolute Gasteiger partial charge is 0.143 e. The quantitative estimate of drug-likeness (QED) is 0.545. The minimum atomic E-state index is 0.214. The van der Waals surface area contributed by atoms with E-state index < -0.39 is 0 Å². The van der Waals surface area contributed by atoms with Gasteiger partial charge in [0.25, 0.3) is 0 Å². The second-order valence-corrected chi connectivity index (χ2v) is 5.63. The van der Waals surface area contributed by atoms with Crippen LogP contribution in [-0.2, 0) is 4.79 Å². The van der Waals surface area contributed by atoms with Gasteiger partial charge in [0.15, 0.2) is 0 Å². The summed E-state index contributed by atoms with van der Waals surface area (Å²) in [6.45, 7) is 0.214. The molecule has 0 heterocycles. The van der Waals surface area contributed by atoms with Crippen LogP contribution in [0, 0.1) is 0 Å². The third kappa shape index (κ3) is 4.32. The molecule has 0 radical (unpaired) electrons. The molecule has 0 aliphatic rings. The third-order valence-electron chi connectivity index (χ3n) is 3.15. The highest BCUT2D eigenvalue weighted by Gasteiger charge is 2.15. The fourth-order valence-corrected chi connectivity index (χ4v) is 2.97. The van der Waals surface area contributed by atoms with E-state index in [0.717, 1.165) is 22.6 Å². The monoisotopic (exact) mass is 333 g/mol. The van der Waals surface area contributed by atoms with Crippen LogP contribution in [0.3, 0.4) is 0 Å². The summed E-state index contributed by atoms with van der Waals surface area (Å²) < 4.78 is 17.8. The standard InChI is InChI=1S/C17H19NO4S/c1-20-13-5-4-6-15(11-13)23-18(9-10-19)16-12-14(21-2)7-8-17(16)22-3/h4-8,10-12H,9H2,1-3H3. The van der Waals surface area contributed by atoms with Crippen molar-refractivity contribution in [2.75, 3.05) is 32.2 Å². The minimum Gasteiger partial charge on any atom is -0.497 e. The molecule has 0 atom stereocenters. The molecular formula is C17H19NO4S. The third-order valence-corrected chi connectivity index (χ3v) is 4.18.